The highest BCUT2D eigenvalue weighted by Crippen LogP contribution is 2.35. The molecule has 0 saturated carbocycles. The van der Waals surface area contributed by atoms with Gasteiger partial charge in [-0.05, 0) is 42.8 Å². The van der Waals surface area contributed by atoms with Crippen molar-refractivity contribution in [3.05, 3.63) is 58.9 Å². The molecule has 25 heavy (non-hydrogen) atoms. The summed E-state index contributed by atoms with van der Waals surface area (Å²) >= 11 is 0. The van der Waals surface area contributed by atoms with Crippen LogP contribution in [0, 0.1) is 12.7 Å². The molecule has 0 unspecified atom stereocenters. The van der Waals surface area contributed by atoms with Crippen LogP contribution in [0.3, 0.4) is 0 Å². The molecular formula is C15H11F4NO4S. The smallest absolute Gasteiger partial charge is 0.417 e. The highest BCUT2D eigenvalue weighted by molar-refractivity contribution is 7.92. The highest BCUT2D eigenvalue weighted by atomic mass is 32.2. The lowest BCUT2D eigenvalue weighted by Crippen LogP contribution is -2.19. The predicted octanol–water partition coefficient (Wildman–Crippen LogP) is 3.65. The number of anilines is 1. The molecule has 0 aliphatic carbocycles. The van der Waals surface area contributed by atoms with Crippen molar-refractivity contribution in [3.8, 4) is 0 Å². The topological polar surface area (TPSA) is 83.5 Å². The van der Waals surface area contributed by atoms with Crippen LogP contribution in [0.25, 0.3) is 0 Å². The Labute approximate surface area is 140 Å². The highest BCUT2D eigenvalue weighted by Gasteiger charge is 2.37. The Morgan fingerprint density at radius 3 is 2.32 bits per heavy atom. The van der Waals surface area contributed by atoms with Crippen molar-refractivity contribution in [1.82, 2.24) is 0 Å². The first kappa shape index (κ1) is 18.7. The van der Waals surface area contributed by atoms with E-state index >= 15 is 0 Å². The van der Waals surface area contributed by atoms with Gasteiger partial charge in [0.25, 0.3) is 10.0 Å². The van der Waals surface area contributed by atoms with Crippen LogP contribution in [0.5, 0.6) is 0 Å². The first-order chi connectivity index (χ1) is 11.4. The van der Waals surface area contributed by atoms with Crippen LogP contribution in [0.2, 0.25) is 0 Å². The maximum absolute atomic E-state index is 13.1. The molecular weight excluding hydrogens is 366 g/mol. The molecule has 0 amide bonds. The van der Waals surface area contributed by atoms with Crippen molar-refractivity contribution >= 4 is 21.7 Å². The first-order valence-corrected chi connectivity index (χ1v) is 8.13. The van der Waals surface area contributed by atoms with Crippen LogP contribution in [-0.2, 0) is 16.2 Å². The van der Waals surface area contributed by atoms with E-state index in [1.807, 2.05) is 4.72 Å². The number of aromatic carboxylic acids is 1. The van der Waals surface area contributed by atoms with Crippen molar-refractivity contribution in [3.63, 3.8) is 0 Å². The van der Waals surface area contributed by atoms with Crippen molar-refractivity contribution in [2.24, 2.45) is 0 Å². The Bertz CT molecular complexity index is 939. The van der Waals surface area contributed by atoms with Gasteiger partial charge in [0.2, 0.25) is 0 Å². The van der Waals surface area contributed by atoms with E-state index in [2.05, 4.69) is 0 Å². The maximum Gasteiger partial charge on any atom is 0.417 e. The van der Waals surface area contributed by atoms with E-state index < -0.39 is 38.4 Å². The molecule has 0 radical (unpaired) electrons. The van der Waals surface area contributed by atoms with Gasteiger partial charge in [-0.2, -0.15) is 13.2 Å². The number of aryl methyl sites for hydroxylation is 1. The predicted molar refractivity (Wildman–Crippen MR) is 80.3 cm³/mol. The molecule has 2 N–H and O–H groups in total. The average molecular weight is 377 g/mol. The lowest BCUT2D eigenvalue weighted by molar-refractivity contribution is -0.140. The number of benzene rings is 2. The van der Waals surface area contributed by atoms with Gasteiger partial charge in [0.05, 0.1) is 16.0 Å². The van der Waals surface area contributed by atoms with Crippen molar-refractivity contribution < 1.29 is 35.9 Å². The third kappa shape index (κ3) is 4.08. The third-order valence-corrected chi connectivity index (χ3v) is 4.70. The molecule has 2 aromatic rings. The fourth-order valence-corrected chi connectivity index (χ4v) is 3.34. The molecule has 0 spiro atoms. The van der Waals surface area contributed by atoms with E-state index in [0.29, 0.717) is 17.7 Å². The Balaban J connectivity index is 2.51. The van der Waals surface area contributed by atoms with Crippen LogP contribution in [0.4, 0.5) is 23.2 Å². The molecule has 0 aliphatic heterocycles. The quantitative estimate of drug-likeness (QED) is 0.797. The molecule has 0 fully saturated rings. The van der Waals surface area contributed by atoms with Crippen LogP contribution in [0.15, 0.2) is 41.3 Å². The summed E-state index contributed by atoms with van der Waals surface area (Å²) in [6, 6.07) is 4.64. The maximum atomic E-state index is 13.1. The number of nitrogens with one attached hydrogen (secondary N) is 1. The molecule has 134 valence electrons. The molecule has 0 saturated heterocycles. The zero-order valence-corrected chi connectivity index (χ0v) is 13.4. The summed E-state index contributed by atoms with van der Waals surface area (Å²) in [5, 5.41) is 9.02. The largest absolute Gasteiger partial charge is 0.478 e. The van der Waals surface area contributed by atoms with Crippen LogP contribution in [-0.4, -0.2) is 19.5 Å². The summed E-state index contributed by atoms with van der Waals surface area (Å²) in [6.45, 7) is 1.48. The van der Waals surface area contributed by atoms with E-state index in [4.69, 9.17) is 5.11 Å². The molecule has 0 atom stereocenters. The van der Waals surface area contributed by atoms with Gasteiger partial charge in [0, 0.05) is 5.69 Å². The number of halogens is 4. The number of rotatable bonds is 4. The number of carbonyl (C=O) groups is 1. The molecule has 0 aromatic heterocycles. The van der Waals surface area contributed by atoms with Gasteiger partial charge in [0.15, 0.2) is 0 Å². The molecule has 2 aromatic carbocycles. The monoisotopic (exact) mass is 377 g/mol. The van der Waals surface area contributed by atoms with E-state index in [-0.39, 0.29) is 17.3 Å². The van der Waals surface area contributed by atoms with E-state index in [0.717, 1.165) is 6.07 Å². The molecule has 0 heterocycles. The summed E-state index contributed by atoms with van der Waals surface area (Å²) in [5.74, 6) is -2.56. The Morgan fingerprint density at radius 2 is 1.76 bits per heavy atom. The molecule has 0 aliphatic rings. The zero-order valence-electron chi connectivity index (χ0n) is 12.6. The number of hydrogen-bond acceptors (Lipinski definition) is 3. The van der Waals surface area contributed by atoms with E-state index in [1.54, 1.807) is 0 Å². The minimum Gasteiger partial charge on any atom is -0.478 e. The third-order valence-electron chi connectivity index (χ3n) is 3.26. The molecule has 2 rings (SSSR count). The molecule has 5 nitrogen and oxygen atoms in total. The van der Waals surface area contributed by atoms with Gasteiger partial charge in [-0.25, -0.2) is 17.6 Å². The second-order valence-corrected chi connectivity index (χ2v) is 6.73. The second kappa shape index (κ2) is 6.36. The summed E-state index contributed by atoms with van der Waals surface area (Å²) in [4.78, 5) is 9.90. The van der Waals surface area contributed by atoms with Gasteiger partial charge in [0.1, 0.15) is 5.82 Å². The fraction of sp³-hybridized carbons (Fsp3) is 0.133. The zero-order chi connectivity index (χ0) is 19.0. The minimum atomic E-state index is -5.09. The standard InChI is InChI=1S/C15H11F4NO4S/c1-8-2-4-10(7-11(8)14(21)22)20-25(23,24)13-5-3-9(16)6-12(13)15(17,18)19/h2-7,20H,1H3,(H,21,22). The Morgan fingerprint density at radius 1 is 1.12 bits per heavy atom. The second-order valence-electron chi connectivity index (χ2n) is 5.08. The van der Waals surface area contributed by atoms with Gasteiger partial charge < -0.3 is 5.11 Å². The van der Waals surface area contributed by atoms with Crippen molar-refractivity contribution in [2.45, 2.75) is 18.0 Å². The lowest BCUT2D eigenvalue weighted by Gasteiger charge is -2.15. The van der Waals surface area contributed by atoms with E-state index in [1.165, 1.54) is 19.1 Å². The Hall–Kier alpha value is -2.62. The summed E-state index contributed by atoms with van der Waals surface area (Å²) in [6.07, 6.45) is -5.09. The number of carboxylic acids is 1. The normalized spacial score (nSPS) is 12.0. The number of carboxylic acid groups (broad SMARTS) is 1. The number of alkyl halides is 3. The van der Waals surface area contributed by atoms with Crippen LogP contribution < -0.4 is 4.72 Å². The van der Waals surface area contributed by atoms with E-state index in [9.17, 15) is 30.8 Å². The van der Waals surface area contributed by atoms with Crippen LogP contribution in [0.1, 0.15) is 21.5 Å². The van der Waals surface area contributed by atoms with Gasteiger partial charge >= 0.3 is 12.1 Å². The minimum absolute atomic E-state index is 0.0758. The summed E-state index contributed by atoms with van der Waals surface area (Å²) in [7, 11) is -4.73. The Kier molecular flexibility index (Phi) is 4.76. The fourth-order valence-electron chi connectivity index (χ4n) is 2.08. The summed E-state index contributed by atoms with van der Waals surface area (Å²) < 4.78 is 78.5. The molecule has 10 heteroatoms. The van der Waals surface area contributed by atoms with Crippen molar-refractivity contribution in [2.75, 3.05) is 4.72 Å². The van der Waals surface area contributed by atoms with Gasteiger partial charge in [-0.3, -0.25) is 4.72 Å². The number of hydrogen-bond donors (Lipinski definition) is 2. The van der Waals surface area contributed by atoms with Gasteiger partial charge in [-0.15, -0.1) is 0 Å². The first-order valence-electron chi connectivity index (χ1n) is 6.65. The molecule has 0 bridgehead atoms. The van der Waals surface area contributed by atoms with Crippen molar-refractivity contribution in [1.29, 1.82) is 0 Å². The number of sulfonamides is 1. The average Bonchev–Trinajstić information content (AvgIpc) is 2.47. The van der Waals surface area contributed by atoms with Crippen LogP contribution >= 0.6 is 0 Å². The van der Waals surface area contributed by atoms with Gasteiger partial charge in [-0.1, -0.05) is 6.07 Å². The lowest BCUT2D eigenvalue weighted by atomic mass is 10.1. The SMILES string of the molecule is Cc1ccc(NS(=O)(=O)c2ccc(F)cc2C(F)(F)F)cc1C(=O)O. The summed E-state index contributed by atoms with van der Waals surface area (Å²) in [5.41, 5.74) is -1.77.